The smallest absolute Gasteiger partial charge is 0.134 e. The fourth-order valence-corrected chi connectivity index (χ4v) is 2.72. The van der Waals surface area contributed by atoms with E-state index in [0.717, 1.165) is 35.3 Å². The molecule has 4 heteroatoms. The second kappa shape index (κ2) is 6.00. The average molecular weight is 312 g/mol. The summed E-state index contributed by atoms with van der Waals surface area (Å²) in [6.45, 7) is 8.85. The Morgan fingerprint density at radius 3 is 2.78 bits per heavy atom. The summed E-state index contributed by atoms with van der Waals surface area (Å²) in [5.41, 5.74) is 0. The summed E-state index contributed by atoms with van der Waals surface area (Å²) in [5.74, 6) is 3.21. The molecule has 1 atom stereocenters. The van der Waals surface area contributed by atoms with E-state index in [2.05, 4.69) is 46.6 Å². The first kappa shape index (κ1) is 13.8. The first-order chi connectivity index (χ1) is 8.56. The van der Waals surface area contributed by atoms with Gasteiger partial charge in [-0.25, -0.2) is 9.97 Å². The predicted molar refractivity (Wildman–Crippen MR) is 79.0 cm³/mol. The van der Waals surface area contributed by atoms with Gasteiger partial charge in [0.05, 0.1) is 0 Å². The lowest BCUT2D eigenvalue weighted by Crippen LogP contribution is -2.25. The summed E-state index contributed by atoms with van der Waals surface area (Å²) in [6, 6.07) is 2.04. The molecule has 1 aromatic heterocycles. The first-order valence-electron chi connectivity index (χ1n) is 6.85. The van der Waals surface area contributed by atoms with Crippen molar-refractivity contribution in [3.8, 4) is 0 Å². The highest BCUT2D eigenvalue weighted by atomic mass is 79.9. The highest BCUT2D eigenvalue weighted by molar-refractivity contribution is 9.10. The van der Waals surface area contributed by atoms with Gasteiger partial charge in [-0.2, -0.15) is 0 Å². The quantitative estimate of drug-likeness (QED) is 0.773. The van der Waals surface area contributed by atoms with E-state index in [4.69, 9.17) is 4.98 Å². The Morgan fingerprint density at radius 1 is 1.28 bits per heavy atom. The first-order valence-corrected chi connectivity index (χ1v) is 7.65. The van der Waals surface area contributed by atoms with E-state index in [0.29, 0.717) is 5.92 Å². The molecule has 1 aromatic rings. The zero-order chi connectivity index (χ0) is 13.1. The molecule has 2 heterocycles. The Kier molecular flexibility index (Phi) is 4.60. The van der Waals surface area contributed by atoms with Crippen LogP contribution in [0.15, 0.2) is 10.7 Å². The standard InChI is InChI=1S/C14H22BrN3/c1-10(2)14-16-12(15)9-13(17-14)18-7-4-5-11(3)6-8-18/h9-11H,4-8H2,1-3H3. The number of hydrogen-bond acceptors (Lipinski definition) is 3. The number of hydrogen-bond donors (Lipinski definition) is 0. The molecule has 1 fully saturated rings. The lowest BCUT2D eigenvalue weighted by molar-refractivity contribution is 0.521. The van der Waals surface area contributed by atoms with Crippen LogP contribution in [0.3, 0.4) is 0 Å². The van der Waals surface area contributed by atoms with Crippen molar-refractivity contribution in [2.24, 2.45) is 5.92 Å². The molecule has 0 aliphatic carbocycles. The minimum atomic E-state index is 0.368. The van der Waals surface area contributed by atoms with Gasteiger partial charge in [-0.15, -0.1) is 0 Å². The van der Waals surface area contributed by atoms with Crippen LogP contribution in [-0.4, -0.2) is 23.1 Å². The fourth-order valence-electron chi connectivity index (χ4n) is 2.34. The lowest BCUT2D eigenvalue weighted by atomic mass is 10.0. The molecule has 0 N–H and O–H groups in total. The van der Waals surface area contributed by atoms with Crippen LogP contribution in [-0.2, 0) is 0 Å². The van der Waals surface area contributed by atoms with Crippen LogP contribution in [0, 0.1) is 5.92 Å². The van der Waals surface area contributed by atoms with Crippen molar-refractivity contribution < 1.29 is 0 Å². The Morgan fingerprint density at radius 2 is 2.06 bits per heavy atom. The Labute approximate surface area is 118 Å². The molecular formula is C14H22BrN3. The number of anilines is 1. The molecule has 1 aliphatic rings. The minimum absolute atomic E-state index is 0.368. The highest BCUT2D eigenvalue weighted by Crippen LogP contribution is 2.24. The molecule has 0 radical (unpaired) electrons. The molecule has 1 unspecified atom stereocenters. The second-order valence-corrected chi connectivity index (χ2v) is 6.40. The van der Waals surface area contributed by atoms with Crippen molar-refractivity contribution in [3.05, 3.63) is 16.5 Å². The maximum absolute atomic E-state index is 4.71. The maximum Gasteiger partial charge on any atom is 0.134 e. The topological polar surface area (TPSA) is 29.0 Å². The van der Waals surface area contributed by atoms with Crippen molar-refractivity contribution in [3.63, 3.8) is 0 Å². The Hall–Kier alpha value is -0.640. The molecule has 0 spiro atoms. The number of nitrogens with zero attached hydrogens (tertiary/aromatic N) is 3. The Balaban J connectivity index is 2.21. The van der Waals surface area contributed by atoms with Crippen molar-refractivity contribution >= 4 is 21.7 Å². The number of rotatable bonds is 2. The van der Waals surface area contributed by atoms with E-state index in [1.807, 2.05) is 6.07 Å². The van der Waals surface area contributed by atoms with Crippen LogP contribution in [0.4, 0.5) is 5.82 Å². The summed E-state index contributed by atoms with van der Waals surface area (Å²) in [4.78, 5) is 11.6. The van der Waals surface area contributed by atoms with Crippen LogP contribution in [0.5, 0.6) is 0 Å². The van der Waals surface area contributed by atoms with E-state index in [1.54, 1.807) is 0 Å². The molecule has 2 rings (SSSR count). The van der Waals surface area contributed by atoms with Gasteiger partial charge in [0.15, 0.2) is 0 Å². The second-order valence-electron chi connectivity index (χ2n) is 5.58. The molecule has 0 bridgehead atoms. The zero-order valence-corrected chi connectivity index (χ0v) is 13.1. The molecule has 1 aliphatic heterocycles. The van der Waals surface area contributed by atoms with Crippen LogP contribution in [0.2, 0.25) is 0 Å². The van der Waals surface area contributed by atoms with E-state index in [9.17, 15) is 0 Å². The van der Waals surface area contributed by atoms with Gasteiger partial charge < -0.3 is 4.90 Å². The van der Waals surface area contributed by atoms with E-state index in [1.165, 1.54) is 19.3 Å². The Bertz CT molecular complexity index is 406. The van der Waals surface area contributed by atoms with Gasteiger partial charge in [-0.05, 0) is 41.1 Å². The third-order valence-electron chi connectivity index (χ3n) is 3.56. The van der Waals surface area contributed by atoms with Gasteiger partial charge in [0.25, 0.3) is 0 Å². The van der Waals surface area contributed by atoms with Crippen LogP contribution in [0.25, 0.3) is 0 Å². The van der Waals surface area contributed by atoms with Gasteiger partial charge in [-0.3, -0.25) is 0 Å². The van der Waals surface area contributed by atoms with Gasteiger partial charge >= 0.3 is 0 Å². The summed E-state index contributed by atoms with van der Waals surface area (Å²) in [6.07, 6.45) is 3.86. The highest BCUT2D eigenvalue weighted by Gasteiger charge is 2.17. The molecule has 100 valence electrons. The van der Waals surface area contributed by atoms with Crippen LogP contribution < -0.4 is 4.90 Å². The van der Waals surface area contributed by atoms with Crippen LogP contribution in [0.1, 0.15) is 51.8 Å². The average Bonchev–Trinajstić information content (AvgIpc) is 2.53. The van der Waals surface area contributed by atoms with E-state index in [-0.39, 0.29) is 0 Å². The SMILES string of the molecule is CC1CCCN(c2cc(Br)nc(C(C)C)n2)CC1. The molecule has 0 amide bonds. The molecule has 3 nitrogen and oxygen atoms in total. The van der Waals surface area contributed by atoms with E-state index >= 15 is 0 Å². The monoisotopic (exact) mass is 311 g/mol. The van der Waals surface area contributed by atoms with Crippen molar-refractivity contribution in [2.45, 2.75) is 46.0 Å². The molecule has 0 saturated carbocycles. The summed E-state index contributed by atoms with van der Waals surface area (Å²) >= 11 is 3.50. The van der Waals surface area contributed by atoms with Crippen molar-refractivity contribution in [1.29, 1.82) is 0 Å². The lowest BCUT2D eigenvalue weighted by Gasteiger charge is -2.22. The summed E-state index contributed by atoms with van der Waals surface area (Å²) in [7, 11) is 0. The number of halogens is 1. The van der Waals surface area contributed by atoms with E-state index < -0.39 is 0 Å². The third-order valence-corrected chi connectivity index (χ3v) is 3.96. The van der Waals surface area contributed by atoms with Gasteiger partial charge in [0.2, 0.25) is 0 Å². The van der Waals surface area contributed by atoms with Gasteiger partial charge in [0.1, 0.15) is 16.2 Å². The number of aromatic nitrogens is 2. The molecule has 0 aromatic carbocycles. The normalized spacial score (nSPS) is 21.2. The molecule has 18 heavy (non-hydrogen) atoms. The van der Waals surface area contributed by atoms with Crippen LogP contribution >= 0.6 is 15.9 Å². The molecule has 1 saturated heterocycles. The van der Waals surface area contributed by atoms with Gasteiger partial charge in [0, 0.05) is 25.1 Å². The van der Waals surface area contributed by atoms with Crippen molar-refractivity contribution in [1.82, 2.24) is 9.97 Å². The zero-order valence-electron chi connectivity index (χ0n) is 11.5. The third kappa shape index (κ3) is 3.44. The summed E-state index contributed by atoms with van der Waals surface area (Å²) < 4.78 is 0.897. The largest absolute Gasteiger partial charge is 0.356 e. The predicted octanol–water partition coefficient (Wildman–Crippen LogP) is 3.99. The minimum Gasteiger partial charge on any atom is -0.356 e. The maximum atomic E-state index is 4.71. The fraction of sp³-hybridized carbons (Fsp3) is 0.714. The summed E-state index contributed by atoms with van der Waals surface area (Å²) in [5, 5.41) is 0. The van der Waals surface area contributed by atoms with Gasteiger partial charge in [-0.1, -0.05) is 20.8 Å². The van der Waals surface area contributed by atoms with Crippen molar-refractivity contribution in [2.75, 3.05) is 18.0 Å². The molecular weight excluding hydrogens is 290 g/mol.